The third-order valence-electron chi connectivity index (χ3n) is 4.55. The fourth-order valence-electron chi connectivity index (χ4n) is 2.91. The Morgan fingerprint density at radius 2 is 1.57 bits per heavy atom. The largest absolute Gasteiger partial charge is 0.493 e. The highest BCUT2D eigenvalue weighted by Crippen LogP contribution is 2.38. The lowest BCUT2D eigenvalue weighted by atomic mass is 10.1. The van der Waals surface area contributed by atoms with Crippen molar-refractivity contribution < 1.29 is 23.7 Å². The average Bonchev–Trinajstić information content (AvgIpc) is 2.75. The van der Waals surface area contributed by atoms with E-state index in [9.17, 15) is 4.79 Å². The normalized spacial score (nSPS) is 10.6. The fourth-order valence-corrected chi connectivity index (χ4v) is 2.91. The van der Waals surface area contributed by atoms with Crippen LogP contribution in [0.4, 0.5) is 0 Å². The molecular weight excluding hydrogens is 358 g/mol. The zero-order valence-corrected chi connectivity index (χ0v) is 17.1. The van der Waals surface area contributed by atoms with E-state index in [0.717, 1.165) is 19.5 Å². The van der Waals surface area contributed by atoms with E-state index in [4.69, 9.17) is 18.9 Å². The summed E-state index contributed by atoms with van der Waals surface area (Å²) < 4.78 is 21.3. The van der Waals surface area contributed by atoms with Crippen molar-refractivity contribution in [3.8, 4) is 17.2 Å². The van der Waals surface area contributed by atoms with Gasteiger partial charge in [-0.1, -0.05) is 37.3 Å². The van der Waals surface area contributed by atoms with Crippen molar-refractivity contribution >= 4 is 5.97 Å². The van der Waals surface area contributed by atoms with Crippen molar-refractivity contribution in [1.29, 1.82) is 0 Å². The highest BCUT2D eigenvalue weighted by atomic mass is 16.5. The minimum absolute atomic E-state index is 0.318. The van der Waals surface area contributed by atoms with Gasteiger partial charge in [-0.15, -0.1) is 0 Å². The van der Waals surface area contributed by atoms with Crippen LogP contribution in [0.3, 0.4) is 0 Å². The quantitative estimate of drug-likeness (QED) is 0.551. The Balaban J connectivity index is 1.90. The number of carbonyl (C=O) groups excluding carboxylic acids is 1. The number of benzene rings is 2. The van der Waals surface area contributed by atoms with Crippen LogP contribution in [0.25, 0.3) is 0 Å². The third-order valence-corrected chi connectivity index (χ3v) is 4.55. The molecule has 0 aliphatic carbocycles. The van der Waals surface area contributed by atoms with Crippen LogP contribution < -0.4 is 14.2 Å². The molecule has 0 saturated heterocycles. The molecule has 0 heterocycles. The Morgan fingerprint density at radius 3 is 2.11 bits per heavy atom. The molecule has 2 aromatic carbocycles. The number of esters is 1. The molecule has 2 rings (SSSR count). The summed E-state index contributed by atoms with van der Waals surface area (Å²) in [6.45, 7) is 4.92. The van der Waals surface area contributed by atoms with Crippen LogP contribution in [0.15, 0.2) is 42.5 Å². The maximum atomic E-state index is 12.4. The number of rotatable bonds is 11. The van der Waals surface area contributed by atoms with Gasteiger partial charge in [-0.2, -0.15) is 0 Å². The van der Waals surface area contributed by atoms with E-state index in [2.05, 4.69) is 24.0 Å². The van der Waals surface area contributed by atoms with Crippen LogP contribution in [0, 0.1) is 0 Å². The van der Waals surface area contributed by atoms with Gasteiger partial charge in [0.1, 0.15) is 6.61 Å². The van der Waals surface area contributed by atoms with Crippen molar-refractivity contribution in [1.82, 2.24) is 4.90 Å². The van der Waals surface area contributed by atoms with Gasteiger partial charge < -0.3 is 18.9 Å². The van der Waals surface area contributed by atoms with Crippen molar-refractivity contribution in [2.45, 2.75) is 13.3 Å². The summed E-state index contributed by atoms with van der Waals surface area (Å²) in [5.74, 6) is 0.872. The van der Waals surface area contributed by atoms with Gasteiger partial charge in [0.2, 0.25) is 5.75 Å². The minimum Gasteiger partial charge on any atom is -0.493 e. The number of nitrogens with zero attached hydrogens (tertiary/aromatic N) is 1. The van der Waals surface area contributed by atoms with Crippen LogP contribution in [-0.2, 0) is 11.2 Å². The standard InChI is InChI=1S/C22H29NO5/c1-5-23(12-11-17-9-7-6-8-10-17)13-14-28-22(24)18-15-19(25-2)21(27-4)20(16-18)26-3/h6-10,15-16H,5,11-14H2,1-4H3. The monoisotopic (exact) mass is 387 g/mol. The van der Waals surface area contributed by atoms with Gasteiger partial charge in [0, 0.05) is 13.1 Å². The molecule has 6 heteroatoms. The van der Waals surface area contributed by atoms with Gasteiger partial charge in [0.25, 0.3) is 0 Å². The van der Waals surface area contributed by atoms with Crippen LogP contribution in [-0.4, -0.2) is 58.4 Å². The molecule has 0 aliphatic rings. The number of carbonyl (C=O) groups is 1. The molecule has 0 saturated carbocycles. The molecule has 2 aromatic rings. The van der Waals surface area contributed by atoms with Crippen molar-refractivity contribution in [3.63, 3.8) is 0 Å². The predicted octanol–water partition coefficient (Wildman–Crippen LogP) is 3.43. The summed E-state index contributed by atoms with van der Waals surface area (Å²) in [6.07, 6.45) is 0.968. The first-order valence-corrected chi connectivity index (χ1v) is 9.36. The number of ether oxygens (including phenoxy) is 4. The number of hydrogen-bond donors (Lipinski definition) is 0. The van der Waals surface area contributed by atoms with Gasteiger partial charge in [-0.25, -0.2) is 4.79 Å². The second kappa shape index (κ2) is 11.2. The average molecular weight is 387 g/mol. The first-order chi connectivity index (χ1) is 13.6. The number of likely N-dealkylation sites (N-methyl/N-ethyl adjacent to an activating group) is 1. The van der Waals surface area contributed by atoms with E-state index in [-0.39, 0.29) is 0 Å². The molecular formula is C22H29NO5. The zero-order valence-electron chi connectivity index (χ0n) is 17.1. The second-order valence-corrected chi connectivity index (χ2v) is 6.22. The topological polar surface area (TPSA) is 57.2 Å². The zero-order chi connectivity index (χ0) is 20.4. The molecule has 0 radical (unpaired) electrons. The van der Waals surface area contributed by atoms with Crippen molar-refractivity contribution in [3.05, 3.63) is 53.6 Å². The van der Waals surface area contributed by atoms with Crippen LogP contribution in [0.5, 0.6) is 17.2 Å². The number of hydrogen-bond acceptors (Lipinski definition) is 6. The Labute approximate surface area is 167 Å². The molecule has 28 heavy (non-hydrogen) atoms. The Kier molecular flexibility index (Phi) is 8.62. The van der Waals surface area contributed by atoms with E-state index < -0.39 is 5.97 Å². The summed E-state index contributed by atoms with van der Waals surface area (Å²) in [4.78, 5) is 14.7. The molecule has 0 amide bonds. The first kappa shape index (κ1) is 21.6. The van der Waals surface area contributed by atoms with E-state index in [1.54, 1.807) is 12.1 Å². The van der Waals surface area contributed by atoms with Crippen LogP contribution in [0.1, 0.15) is 22.8 Å². The van der Waals surface area contributed by atoms with Gasteiger partial charge in [-0.05, 0) is 30.7 Å². The highest BCUT2D eigenvalue weighted by Gasteiger charge is 2.18. The lowest BCUT2D eigenvalue weighted by molar-refractivity contribution is 0.0463. The summed E-state index contributed by atoms with van der Waals surface area (Å²) in [5, 5.41) is 0. The van der Waals surface area contributed by atoms with Gasteiger partial charge in [0.15, 0.2) is 11.5 Å². The maximum absolute atomic E-state index is 12.4. The Morgan fingerprint density at radius 1 is 0.929 bits per heavy atom. The molecule has 0 fully saturated rings. The molecule has 6 nitrogen and oxygen atoms in total. The SMILES string of the molecule is CCN(CCOC(=O)c1cc(OC)c(OC)c(OC)c1)CCc1ccccc1. The van der Waals surface area contributed by atoms with Crippen molar-refractivity contribution in [2.75, 3.05) is 47.6 Å². The fraction of sp³-hybridized carbons (Fsp3) is 0.409. The van der Waals surface area contributed by atoms with Crippen LogP contribution >= 0.6 is 0 Å². The predicted molar refractivity (Wildman–Crippen MR) is 109 cm³/mol. The summed E-state index contributed by atoms with van der Waals surface area (Å²) in [7, 11) is 4.55. The van der Waals surface area contributed by atoms with E-state index in [0.29, 0.717) is 36.0 Å². The van der Waals surface area contributed by atoms with Gasteiger partial charge >= 0.3 is 5.97 Å². The second-order valence-electron chi connectivity index (χ2n) is 6.22. The Bertz CT molecular complexity index is 723. The lowest BCUT2D eigenvalue weighted by Gasteiger charge is -2.20. The van der Waals surface area contributed by atoms with E-state index >= 15 is 0 Å². The molecule has 0 spiro atoms. The first-order valence-electron chi connectivity index (χ1n) is 9.36. The Hall–Kier alpha value is -2.73. The molecule has 0 aliphatic heterocycles. The van der Waals surface area contributed by atoms with Gasteiger partial charge in [0.05, 0.1) is 26.9 Å². The molecule has 0 aromatic heterocycles. The number of methoxy groups -OCH3 is 3. The molecule has 0 atom stereocenters. The summed E-state index contributed by atoms with van der Waals surface area (Å²) in [5.41, 5.74) is 1.66. The molecule has 0 bridgehead atoms. The van der Waals surface area contributed by atoms with E-state index in [1.807, 2.05) is 18.2 Å². The van der Waals surface area contributed by atoms with Crippen molar-refractivity contribution in [2.24, 2.45) is 0 Å². The smallest absolute Gasteiger partial charge is 0.338 e. The minimum atomic E-state index is -0.418. The summed E-state index contributed by atoms with van der Waals surface area (Å²) >= 11 is 0. The van der Waals surface area contributed by atoms with E-state index in [1.165, 1.54) is 26.9 Å². The van der Waals surface area contributed by atoms with Crippen LogP contribution in [0.2, 0.25) is 0 Å². The third kappa shape index (κ3) is 5.89. The maximum Gasteiger partial charge on any atom is 0.338 e. The molecule has 0 N–H and O–H groups in total. The highest BCUT2D eigenvalue weighted by molar-refractivity contribution is 5.91. The molecule has 152 valence electrons. The lowest BCUT2D eigenvalue weighted by Crippen LogP contribution is -2.30. The molecule has 0 unspecified atom stereocenters. The summed E-state index contributed by atoms with van der Waals surface area (Å²) in [6, 6.07) is 13.5. The van der Waals surface area contributed by atoms with Gasteiger partial charge in [-0.3, -0.25) is 4.90 Å².